The Morgan fingerprint density at radius 2 is 1.93 bits per heavy atom. The predicted octanol–water partition coefficient (Wildman–Crippen LogP) is 2.22. The first-order chi connectivity index (χ1) is 13.1. The van der Waals surface area contributed by atoms with Crippen molar-refractivity contribution in [3.8, 4) is 0 Å². The summed E-state index contributed by atoms with van der Waals surface area (Å²) >= 11 is 0. The normalized spacial score (nSPS) is 17.2. The van der Waals surface area contributed by atoms with Gasteiger partial charge >= 0.3 is 0 Å². The van der Waals surface area contributed by atoms with E-state index < -0.39 is 9.84 Å². The van der Waals surface area contributed by atoms with Crippen molar-refractivity contribution in [1.82, 2.24) is 10.6 Å². The number of rotatable bonds is 11. The van der Waals surface area contributed by atoms with Crippen LogP contribution in [-0.4, -0.2) is 66.2 Å². The molecule has 0 radical (unpaired) electrons. The maximum Gasteiger partial charge on any atom is 0.190 e. The fraction of sp³-hybridized carbons (Fsp3) is 0.632. The van der Waals surface area contributed by atoms with Crippen molar-refractivity contribution in [2.75, 3.05) is 45.7 Å². The van der Waals surface area contributed by atoms with Gasteiger partial charge in [-0.05, 0) is 37.8 Å². The van der Waals surface area contributed by atoms with E-state index >= 15 is 0 Å². The molecule has 1 saturated heterocycles. The zero-order valence-corrected chi connectivity index (χ0v) is 19.6. The number of aliphatic imine (C=N–C) groups is 1. The Morgan fingerprint density at radius 1 is 1.21 bits per heavy atom. The Labute approximate surface area is 185 Å². The van der Waals surface area contributed by atoms with E-state index in [-0.39, 0.29) is 35.8 Å². The second kappa shape index (κ2) is 14.1. The van der Waals surface area contributed by atoms with Gasteiger partial charge in [-0.3, -0.25) is 4.99 Å². The van der Waals surface area contributed by atoms with Gasteiger partial charge in [-0.25, -0.2) is 8.42 Å². The molecule has 28 heavy (non-hydrogen) atoms. The zero-order valence-electron chi connectivity index (χ0n) is 16.4. The number of hydrogen-bond donors (Lipinski definition) is 2. The molecule has 0 saturated carbocycles. The minimum Gasteiger partial charge on any atom is -0.379 e. The van der Waals surface area contributed by atoms with Gasteiger partial charge in [0.1, 0.15) is 0 Å². The van der Waals surface area contributed by atoms with Crippen LogP contribution in [0.3, 0.4) is 0 Å². The van der Waals surface area contributed by atoms with E-state index in [0.29, 0.717) is 37.0 Å². The molecule has 0 aliphatic carbocycles. The topological polar surface area (TPSA) is 89.0 Å². The summed E-state index contributed by atoms with van der Waals surface area (Å²) in [6, 6.07) is 8.54. The number of sulfone groups is 1. The number of halogens is 1. The Bertz CT molecular complexity index is 665. The third-order valence-electron chi connectivity index (χ3n) is 4.29. The Hall–Kier alpha value is -0.910. The molecule has 1 fully saturated rings. The van der Waals surface area contributed by atoms with Gasteiger partial charge in [-0.2, -0.15) is 0 Å². The summed E-state index contributed by atoms with van der Waals surface area (Å²) in [6.45, 7) is 3.49. The van der Waals surface area contributed by atoms with Crippen molar-refractivity contribution in [3.05, 3.63) is 30.3 Å². The van der Waals surface area contributed by atoms with E-state index in [1.165, 1.54) is 0 Å². The van der Waals surface area contributed by atoms with Crippen LogP contribution in [-0.2, 0) is 19.3 Å². The first kappa shape index (κ1) is 25.1. The van der Waals surface area contributed by atoms with E-state index in [0.717, 1.165) is 32.4 Å². The first-order valence-electron chi connectivity index (χ1n) is 9.53. The minimum atomic E-state index is -3.23. The molecule has 1 unspecified atom stereocenters. The number of guanidine groups is 1. The van der Waals surface area contributed by atoms with E-state index in [2.05, 4.69) is 15.6 Å². The predicted molar refractivity (Wildman–Crippen MR) is 122 cm³/mol. The van der Waals surface area contributed by atoms with Gasteiger partial charge in [0.25, 0.3) is 0 Å². The Kier molecular flexibility index (Phi) is 12.7. The standard InChI is InChI=1S/C19H31N3O4S.HI/c1-20-19(21-11-6-13-25-16-17-8-5-14-26-17)22-12-7-15-27(23,24)18-9-3-2-4-10-18;/h2-4,9-10,17H,5-8,11-16H2,1H3,(H2,20,21,22);1H. The molecule has 1 aliphatic heterocycles. The number of nitrogens with zero attached hydrogens (tertiary/aromatic N) is 1. The zero-order chi connectivity index (χ0) is 19.4. The smallest absolute Gasteiger partial charge is 0.190 e. The van der Waals surface area contributed by atoms with Gasteiger partial charge in [0.15, 0.2) is 15.8 Å². The molecule has 1 atom stereocenters. The van der Waals surface area contributed by atoms with Crippen molar-refractivity contribution >= 4 is 39.8 Å². The third kappa shape index (κ3) is 9.53. The van der Waals surface area contributed by atoms with E-state index in [1.54, 1.807) is 31.3 Å². The fourth-order valence-corrected chi connectivity index (χ4v) is 4.14. The first-order valence-corrected chi connectivity index (χ1v) is 11.2. The van der Waals surface area contributed by atoms with E-state index in [4.69, 9.17) is 9.47 Å². The average Bonchev–Trinajstić information content (AvgIpc) is 3.20. The highest BCUT2D eigenvalue weighted by molar-refractivity contribution is 14.0. The SMILES string of the molecule is CN=C(NCCCOCC1CCCO1)NCCCS(=O)(=O)c1ccccc1.I. The van der Waals surface area contributed by atoms with Crippen LogP contribution in [0.5, 0.6) is 0 Å². The number of benzene rings is 1. The average molecular weight is 525 g/mol. The molecule has 2 N–H and O–H groups in total. The highest BCUT2D eigenvalue weighted by atomic mass is 127. The molecule has 160 valence electrons. The van der Waals surface area contributed by atoms with Crippen LogP contribution in [0.1, 0.15) is 25.7 Å². The van der Waals surface area contributed by atoms with Crippen molar-refractivity contribution in [1.29, 1.82) is 0 Å². The van der Waals surface area contributed by atoms with Crippen LogP contribution in [0.4, 0.5) is 0 Å². The monoisotopic (exact) mass is 525 g/mol. The van der Waals surface area contributed by atoms with Gasteiger partial charge in [0.2, 0.25) is 0 Å². The largest absolute Gasteiger partial charge is 0.379 e. The van der Waals surface area contributed by atoms with Crippen molar-refractivity contribution in [2.45, 2.75) is 36.7 Å². The number of ether oxygens (including phenoxy) is 2. The number of hydrogen-bond acceptors (Lipinski definition) is 5. The third-order valence-corrected chi connectivity index (χ3v) is 6.11. The highest BCUT2D eigenvalue weighted by Crippen LogP contribution is 2.12. The van der Waals surface area contributed by atoms with E-state index in [1.807, 2.05) is 6.07 Å². The molecule has 0 bridgehead atoms. The fourth-order valence-electron chi connectivity index (χ4n) is 2.81. The lowest BCUT2D eigenvalue weighted by molar-refractivity contribution is 0.0168. The molecule has 1 aromatic carbocycles. The van der Waals surface area contributed by atoms with Crippen LogP contribution in [0.15, 0.2) is 40.2 Å². The summed E-state index contributed by atoms with van der Waals surface area (Å²) in [5.74, 6) is 0.782. The van der Waals surface area contributed by atoms with Crippen LogP contribution in [0, 0.1) is 0 Å². The summed E-state index contributed by atoms with van der Waals surface area (Å²) in [5, 5.41) is 6.35. The molecule has 7 nitrogen and oxygen atoms in total. The van der Waals surface area contributed by atoms with E-state index in [9.17, 15) is 8.42 Å². The molecular weight excluding hydrogens is 493 g/mol. The van der Waals surface area contributed by atoms with Gasteiger partial charge < -0.3 is 20.1 Å². The molecule has 0 amide bonds. The Morgan fingerprint density at radius 3 is 2.57 bits per heavy atom. The maximum atomic E-state index is 12.2. The minimum absolute atomic E-state index is 0. The second-order valence-electron chi connectivity index (χ2n) is 6.47. The van der Waals surface area contributed by atoms with Crippen LogP contribution in [0.25, 0.3) is 0 Å². The Balaban J connectivity index is 0.00000392. The molecular formula is C19H32IN3O4S. The summed E-state index contributed by atoms with van der Waals surface area (Å²) in [7, 11) is -1.53. The van der Waals surface area contributed by atoms with Gasteiger partial charge in [0, 0.05) is 33.4 Å². The second-order valence-corrected chi connectivity index (χ2v) is 8.58. The van der Waals surface area contributed by atoms with Gasteiger partial charge in [0.05, 0.1) is 23.4 Å². The summed E-state index contributed by atoms with van der Waals surface area (Å²) in [4.78, 5) is 4.52. The van der Waals surface area contributed by atoms with Crippen molar-refractivity contribution in [3.63, 3.8) is 0 Å². The molecule has 1 aliphatic rings. The van der Waals surface area contributed by atoms with Gasteiger partial charge in [-0.15, -0.1) is 24.0 Å². The van der Waals surface area contributed by atoms with Crippen molar-refractivity contribution in [2.24, 2.45) is 4.99 Å². The maximum absolute atomic E-state index is 12.2. The molecule has 1 aromatic rings. The summed E-state index contributed by atoms with van der Waals surface area (Å²) < 4.78 is 35.6. The van der Waals surface area contributed by atoms with Crippen molar-refractivity contribution < 1.29 is 17.9 Å². The molecule has 9 heteroatoms. The lowest BCUT2D eigenvalue weighted by Gasteiger charge is -2.13. The number of nitrogens with one attached hydrogen (secondary N) is 2. The highest BCUT2D eigenvalue weighted by Gasteiger charge is 2.15. The van der Waals surface area contributed by atoms with Crippen LogP contribution < -0.4 is 10.6 Å². The van der Waals surface area contributed by atoms with Crippen LogP contribution >= 0.6 is 24.0 Å². The summed E-state index contributed by atoms with van der Waals surface area (Å²) in [5.41, 5.74) is 0. The lowest BCUT2D eigenvalue weighted by atomic mass is 10.2. The lowest BCUT2D eigenvalue weighted by Crippen LogP contribution is -2.38. The molecule has 1 heterocycles. The van der Waals surface area contributed by atoms with Crippen LogP contribution in [0.2, 0.25) is 0 Å². The summed E-state index contributed by atoms with van der Waals surface area (Å²) in [6.07, 6.45) is 3.87. The quantitative estimate of drug-likeness (QED) is 0.199. The molecule has 0 aromatic heterocycles. The molecule has 2 rings (SSSR count). The van der Waals surface area contributed by atoms with Gasteiger partial charge in [-0.1, -0.05) is 18.2 Å². The molecule has 0 spiro atoms.